The van der Waals surface area contributed by atoms with Crippen LogP contribution in [0.2, 0.25) is 0 Å². The molecule has 17 heavy (non-hydrogen) atoms. The Balaban J connectivity index is 2.48. The molecule has 0 N–H and O–H groups in total. The van der Waals surface area contributed by atoms with Gasteiger partial charge in [-0.3, -0.25) is 14.9 Å². The standard InChI is InChI=1S/C10H8Br2N2O3/c11-7-4-6(14(16)17)5-8(12)10(7)13-3-1-2-9(13)15/h4-5H,1-3H2. The molecule has 0 atom stereocenters. The summed E-state index contributed by atoms with van der Waals surface area (Å²) in [4.78, 5) is 23.5. The summed E-state index contributed by atoms with van der Waals surface area (Å²) in [7, 11) is 0. The molecule has 0 radical (unpaired) electrons. The number of benzene rings is 1. The maximum Gasteiger partial charge on any atom is 0.271 e. The number of carbonyl (C=O) groups excluding carboxylic acids is 1. The molecule has 1 saturated heterocycles. The lowest BCUT2D eigenvalue weighted by Crippen LogP contribution is -2.24. The van der Waals surface area contributed by atoms with Gasteiger partial charge in [0.15, 0.2) is 0 Å². The molecule has 1 aromatic carbocycles. The minimum absolute atomic E-state index is 0.0147. The van der Waals surface area contributed by atoms with E-state index in [1.54, 1.807) is 4.90 Å². The number of anilines is 1. The molecule has 1 aliphatic heterocycles. The van der Waals surface area contributed by atoms with E-state index in [0.717, 1.165) is 6.42 Å². The van der Waals surface area contributed by atoms with Crippen molar-refractivity contribution in [1.82, 2.24) is 0 Å². The number of nitro groups is 1. The number of nitrogens with zero attached hydrogens (tertiary/aromatic N) is 2. The summed E-state index contributed by atoms with van der Waals surface area (Å²) in [5, 5.41) is 10.7. The van der Waals surface area contributed by atoms with E-state index in [9.17, 15) is 14.9 Å². The van der Waals surface area contributed by atoms with E-state index in [1.807, 2.05) is 0 Å². The number of non-ortho nitro benzene ring substituents is 1. The number of amides is 1. The van der Waals surface area contributed by atoms with Crippen molar-refractivity contribution < 1.29 is 9.72 Å². The third kappa shape index (κ3) is 2.35. The highest BCUT2D eigenvalue weighted by molar-refractivity contribution is 9.11. The summed E-state index contributed by atoms with van der Waals surface area (Å²) in [6.45, 7) is 0.647. The maximum absolute atomic E-state index is 11.6. The zero-order chi connectivity index (χ0) is 12.6. The van der Waals surface area contributed by atoms with Gasteiger partial charge in [-0.15, -0.1) is 0 Å². The van der Waals surface area contributed by atoms with Gasteiger partial charge >= 0.3 is 0 Å². The number of halogens is 2. The van der Waals surface area contributed by atoms with E-state index in [4.69, 9.17) is 0 Å². The Bertz CT molecular complexity index is 481. The average Bonchev–Trinajstić information content (AvgIpc) is 2.64. The van der Waals surface area contributed by atoms with Crippen LogP contribution in [0.25, 0.3) is 0 Å². The average molecular weight is 364 g/mol. The molecule has 1 heterocycles. The van der Waals surface area contributed by atoms with Crippen LogP contribution in [0.5, 0.6) is 0 Å². The van der Waals surface area contributed by atoms with E-state index in [-0.39, 0.29) is 11.6 Å². The number of carbonyl (C=O) groups is 1. The summed E-state index contributed by atoms with van der Waals surface area (Å²) in [6.07, 6.45) is 1.34. The fourth-order valence-electron chi connectivity index (χ4n) is 1.80. The van der Waals surface area contributed by atoms with Crippen LogP contribution in [-0.4, -0.2) is 17.4 Å². The van der Waals surface area contributed by atoms with Crippen molar-refractivity contribution in [3.63, 3.8) is 0 Å². The molecule has 1 aliphatic rings. The first-order chi connectivity index (χ1) is 8.00. The van der Waals surface area contributed by atoms with Crippen molar-refractivity contribution in [2.24, 2.45) is 0 Å². The van der Waals surface area contributed by atoms with Gasteiger partial charge < -0.3 is 4.90 Å². The van der Waals surface area contributed by atoms with E-state index < -0.39 is 4.92 Å². The zero-order valence-corrected chi connectivity index (χ0v) is 11.8. The molecule has 0 aromatic heterocycles. The second kappa shape index (κ2) is 4.73. The summed E-state index contributed by atoms with van der Waals surface area (Å²) >= 11 is 6.55. The van der Waals surface area contributed by atoms with Crippen LogP contribution in [0.4, 0.5) is 11.4 Å². The van der Waals surface area contributed by atoms with Gasteiger partial charge in [0, 0.05) is 34.0 Å². The highest BCUT2D eigenvalue weighted by Gasteiger charge is 2.26. The second-order valence-electron chi connectivity index (χ2n) is 3.66. The van der Waals surface area contributed by atoms with Gasteiger partial charge in [-0.25, -0.2) is 0 Å². The van der Waals surface area contributed by atoms with Crippen molar-refractivity contribution in [3.8, 4) is 0 Å². The van der Waals surface area contributed by atoms with Crippen LogP contribution in [0, 0.1) is 10.1 Å². The molecule has 0 unspecified atom stereocenters. The molecule has 0 spiro atoms. The molecule has 5 nitrogen and oxygen atoms in total. The number of nitro benzene ring substituents is 1. The molecule has 7 heteroatoms. The molecule has 0 bridgehead atoms. The first kappa shape index (κ1) is 12.5. The van der Waals surface area contributed by atoms with Gasteiger partial charge in [0.25, 0.3) is 5.69 Å². The summed E-state index contributed by atoms with van der Waals surface area (Å²) in [6, 6.07) is 2.82. The predicted molar refractivity (Wildman–Crippen MR) is 70.1 cm³/mol. The topological polar surface area (TPSA) is 63.5 Å². The van der Waals surface area contributed by atoms with Crippen LogP contribution in [-0.2, 0) is 4.79 Å². The number of rotatable bonds is 2. The first-order valence-corrected chi connectivity index (χ1v) is 6.53. The van der Waals surface area contributed by atoms with Crippen LogP contribution >= 0.6 is 31.9 Å². The molecule has 2 rings (SSSR count). The van der Waals surface area contributed by atoms with Crippen LogP contribution in [0.15, 0.2) is 21.1 Å². The van der Waals surface area contributed by atoms with Crippen LogP contribution in [0.1, 0.15) is 12.8 Å². The Hall–Kier alpha value is -0.950. The lowest BCUT2D eigenvalue weighted by molar-refractivity contribution is -0.385. The minimum Gasteiger partial charge on any atom is -0.310 e. The lowest BCUT2D eigenvalue weighted by Gasteiger charge is -2.18. The molecule has 1 fully saturated rings. The number of hydrogen-bond acceptors (Lipinski definition) is 3. The predicted octanol–water partition coefficient (Wildman–Crippen LogP) is 3.25. The van der Waals surface area contributed by atoms with E-state index in [2.05, 4.69) is 31.9 Å². The van der Waals surface area contributed by atoms with Crippen molar-refractivity contribution in [3.05, 3.63) is 31.2 Å². The summed E-state index contributed by atoms with van der Waals surface area (Å²) in [5.41, 5.74) is 0.650. The molecule has 1 aromatic rings. The van der Waals surface area contributed by atoms with Crippen molar-refractivity contribution in [2.45, 2.75) is 12.8 Å². The van der Waals surface area contributed by atoms with E-state index in [0.29, 0.717) is 27.6 Å². The van der Waals surface area contributed by atoms with Crippen molar-refractivity contribution in [1.29, 1.82) is 0 Å². The SMILES string of the molecule is O=C1CCCN1c1c(Br)cc([N+](=O)[O-])cc1Br. The number of hydrogen-bond donors (Lipinski definition) is 0. The summed E-state index contributed by atoms with van der Waals surface area (Å²) in [5.74, 6) is 0.0419. The van der Waals surface area contributed by atoms with Gasteiger partial charge in [0.1, 0.15) is 0 Å². The Morgan fingerprint density at radius 1 is 1.29 bits per heavy atom. The Labute approximate surface area is 114 Å². The highest BCUT2D eigenvalue weighted by atomic mass is 79.9. The quantitative estimate of drug-likeness (QED) is 0.598. The third-order valence-electron chi connectivity index (χ3n) is 2.56. The largest absolute Gasteiger partial charge is 0.310 e. The highest BCUT2D eigenvalue weighted by Crippen LogP contribution is 2.39. The van der Waals surface area contributed by atoms with Gasteiger partial charge in [-0.2, -0.15) is 0 Å². The molecule has 1 amide bonds. The third-order valence-corrected chi connectivity index (χ3v) is 3.76. The Morgan fingerprint density at radius 3 is 2.29 bits per heavy atom. The maximum atomic E-state index is 11.6. The summed E-state index contributed by atoms with van der Waals surface area (Å²) < 4.78 is 1.10. The van der Waals surface area contributed by atoms with Gasteiger partial charge in [-0.05, 0) is 38.3 Å². The molecule has 0 aliphatic carbocycles. The van der Waals surface area contributed by atoms with Crippen molar-refractivity contribution >= 4 is 49.1 Å². The fourth-order valence-corrected chi connectivity index (χ4v) is 3.39. The smallest absolute Gasteiger partial charge is 0.271 e. The van der Waals surface area contributed by atoms with Gasteiger partial charge in [0.05, 0.1) is 10.6 Å². The normalized spacial score (nSPS) is 15.4. The molecular formula is C10H8Br2N2O3. The van der Waals surface area contributed by atoms with Crippen LogP contribution in [0.3, 0.4) is 0 Å². The second-order valence-corrected chi connectivity index (χ2v) is 5.37. The van der Waals surface area contributed by atoms with Gasteiger partial charge in [-0.1, -0.05) is 0 Å². The monoisotopic (exact) mass is 362 g/mol. The first-order valence-electron chi connectivity index (χ1n) is 4.94. The van der Waals surface area contributed by atoms with E-state index >= 15 is 0 Å². The van der Waals surface area contributed by atoms with Crippen LogP contribution < -0.4 is 4.90 Å². The minimum atomic E-state index is -0.467. The molecule has 90 valence electrons. The van der Waals surface area contributed by atoms with Gasteiger partial charge in [0.2, 0.25) is 5.91 Å². The fraction of sp³-hybridized carbons (Fsp3) is 0.300. The lowest BCUT2D eigenvalue weighted by atomic mass is 10.2. The Kier molecular flexibility index (Phi) is 3.48. The van der Waals surface area contributed by atoms with E-state index in [1.165, 1.54) is 12.1 Å². The zero-order valence-electron chi connectivity index (χ0n) is 8.65. The Morgan fingerprint density at radius 2 is 1.88 bits per heavy atom. The van der Waals surface area contributed by atoms with Crippen molar-refractivity contribution in [2.75, 3.05) is 11.4 Å². The molecule has 0 saturated carbocycles. The molecular weight excluding hydrogens is 356 g/mol.